The molecule has 0 spiro atoms. The molecule has 0 aliphatic carbocycles. The molecule has 116 valence electrons. The summed E-state index contributed by atoms with van der Waals surface area (Å²) >= 11 is 0. The second-order valence-corrected chi connectivity index (χ2v) is 4.63. The van der Waals surface area contributed by atoms with Crippen LogP contribution >= 0.6 is 0 Å². The highest BCUT2D eigenvalue weighted by atomic mass is 16.5. The molecule has 0 aliphatic heterocycles. The van der Waals surface area contributed by atoms with Crippen LogP contribution in [0.3, 0.4) is 0 Å². The number of carbonyl (C=O) groups is 2. The third-order valence-electron chi connectivity index (χ3n) is 2.73. The summed E-state index contributed by atoms with van der Waals surface area (Å²) in [5.41, 5.74) is -1.66. The molecule has 0 bridgehead atoms. The van der Waals surface area contributed by atoms with Crippen LogP contribution in [0.1, 0.15) is 17.3 Å². The Bertz CT molecular complexity index is 483. The van der Waals surface area contributed by atoms with Crippen LogP contribution < -0.4 is 10.1 Å². The Balaban J connectivity index is 2.53. The van der Waals surface area contributed by atoms with E-state index in [-0.39, 0.29) is 6.54 Å². The fourth-order valence-electron chi connectivity index (χ4n) is 1.38. The molecule has 1 unspecified atom stereocenters. The number of aliphatic carboxylic acids is 1. The van der Waals surface area contributed by atoms with Gasteiger partial charge in [0, 0.05) is 12.7 Å². The molecule has 1 atom stereocenters. The van der Waals surface area contributed by atoms with Gasteiger partial charge in [-0.15, -0.1) is 0 Å². The lowest BCUT2D eigenvalue weighted by Gasteiger charge is -2.18. The van der Waals surface area contributed by atoms with Crippen molar-refractivity contribution in [2.45, 2.75) is 12.5 Å². The van der Waals surface area contributed by atoms with Gasteiger partial charge in [-0.2, -0.15) is 0 Å². The number of amides is 1. The van der Waals surface area contributed by atoms with E-state index in [1.807, 2.05) is 0 Å². The summed E-state index contributed by atoms with van der Waals surface area (Å²) in [6.45, 7) is 1.60. The predicted octanol–water partition coefficient (Wildman–Crippen LogP) is 0.277. The Hall–Kier alpha value is -2.12. The maximum absolute atomic E-state index is 11.8. The Morgan fingerprint density at radius 1 is 1.24 bits per heavy atom. The lowest BCUT2D eigenvalue weighted by molar-refractivity contribution is -0.155. The van der Waals surface area contributed by atoms with Crippen LogP contribution in [-0.4, -0.2) is 54.6 Å². The van der Waals surface area contributed by atoms with Crippen molar-refractivity contribution in [1.29, 1.82) is 0 Å². The highest BCUT2D eigenvalue weighted by molar-refractivity contribution is 5.94. The summed E-state index contributed by atoms with van der Waals surface area (Å²) in [5, 5.41) is 20.6. The smallest absolute Gasteiger partial charge is 0.337 e. The minimum Gasteiger partial charge on any atom is -0.491 e. The second-order valence-electron chi connectivity index (χ2n) is 4.63. The average molecular weight is 297 g/mol. The quantitative estimate of drug-likeness (QED) is 0.595. The Labute approximate surface area is 122 Å². The van der Waals surface area contributed by atoms with Gasteiger partial charge in [-0.3, -0.25) is 4.79 Å². The van der Waals surface area contributed by atoms with Gasteiger partial charge < -0.3 is 25.0 Å². The number of benzene rings is 1. The monoisotopic (exact) mass is 297 g/mol. The second kappa shape index (κ2) is 7.61. The molecular formula is C14H19NO6. The molecule has 0 saturated carbocycles. The van der Waals surface area contributed by atoms with Crippen molar-refractivity contribution in [2.75, 3.05) is 26.9 Å². The van der Waals surface area contributed by atoms with E-state index in [4.69, 9.17) is 14.6 Å². The molecule has 7 nitrogen and oxygen atoms in total. The minimum absolute atomic E-state index is 0.343. The van der Waals surface area contributed by atoms with Crippen LogP contribution in [0.4, 0.5) is 0 Å². The topological polar surface area (TPSA) is 105 Å². The van der Waals surface area contributed by atoms with E-state index in [0.717, 1.165) is 6.92 Å². The van der Waals surface area contributed by atoms with E-state index in [2.05, 4.69) is 5.32 Å². The van der Waals surface area contributed by atoms with E-state index >= 15 is 0 Å². The van der Waals surface area contributed by atoms with E-state index < -0.39 is 17.5 Å². The van der Waals surface area contributed by atoms with Crippen LogP contribution in [0.15, 0.2) is 24.3 Å². The first-order valence-corrected chi connectivity index (χ1v) is 6.32. The van der Waals surface area contributed by atoms with E-state index in [9.17, 15) is 14.7 Å². The fourth-order valence-corrected chi connectivity index (χ4v) is 1.38. The summed E-state index contributed by atoms with van der Waals surface area (Å²) < 4.78 is 10.2. The zero-order chi connectivity index (χ0) is 15.9. The van der Waals surface area contributed by atoms with Crippen LogP contribution in [-0.2, 0) is 9.53 Å². The predicted molar refractivity (Wildman–Crippen MR) is 74.4 cm³/mol. The van der Waals surface area contributed by atoms with Gasteiger partial charge in [-0.1, -0.05) is 0 Å². The van der Waals surface area contributed by atoms with E-state index in [1.54, 1.807) is 31.4 Å². The number of hydrogen-bond donors (Lipinski definition) is 3. The van der Waals surface area contributed by atoms with Gasteiger partial charge in [0.15, 0.2) is 5.60 Å². The van der Waals surface area contributed by atoms with Crippen LogP contribution in [0.25, 0.3) is 0 Å². The molecule has 0 saturated heterocycles. The Morgan fingerprint density at radius 2 is 1.86 bits per heavy atom. The maximum atomic E-state index is 11.8. The van der Waals surface area contributed by atoms with Crippen LogP contribution in [0.5, 0.6) is 5.75 Å². The van der Waals surface area contributed by atoms with Gasteiger partial charge in [-0.05, 0) is 31.2 Å². The molecule has 1 amide bonds. The largest absolute Gasteiger partial charge is 0.491 e. The Kier molecular flexibility index (Phi) is 6.13. The van der Waals surface area contributed by atoms with E-state index in [1.165, 1.54) is 0 Å². The van der Waals surface area contributed by atoms with Crippen molar-refractivity contribution < 1.29 is 29.3 Å². The van der Waals surface area contributed by atoms with Crippen molar-refractivity contribution >= 4 is 11.9 Å². The summed E-state index contributed by atoms with van der Waals surface area (Å²) in [7, 11) is 1.57. The summed E-state index contributed by atoms with van der Waals surface area (Å²) in [5.74, 6) is -1.27. The molecule has 3 N–H and O–H groups in total. The number of nitrogens with one attached hydrogen (secondary N) is 1. The molecule has 1 aromatic rings. The van der Waals surface area contributed by atoms with Gasteiger partial charge in [0.1, 0.15) is 12.4 Å². The third kappa shape index (κ3) is 5.41. The summed E-state index contributed by atoms with van der Waals surface area (Å²) in [4.78, 5) is 22.5. The molecule has 1 rings (SSSR count). The molecule has 0 fully saturated rings. The standard InChI is InChI=1S/C14H19NO6/c1-14(19,13(17)18)9-15-12(16)10-3-5-11(6-4-10)21-8-7-20-2/h3-6,19H,7-9H2,1-2H3,(H,15,16)(H,17,18). The number of ether oxygens (including phenoxy) is 2. The number of hydrogen-bond acceptors (Lipinski definition) is 5. The zero-order valence-electron chi connectivity index (χ0n) is 12.0. The third-order valence-corrected chi connectivity index (χ3v) is 2.73. The number of aliphatic hydroxyl groups is 1. The van der Waals surface area contributed by atoms with Crippen molar-refractivity contribution in [2.24, 2.45) is 0 Å². The number of carbonyl (C=O) groups excluding carboxylic acids is 1. The first kappa shape index (κ1) is 16.9. The van der Waals surface area contributed by atoms with E-state index in [0.29, 0.717) is 24.5 Å². The molecule has 0 aliphatic rings. The van der Waals surface area contributed by atoms with Crippen LogP contribution in [0.2, 0.25) is 0 Å². The number of carboxylic acids is 1. The molecule has 7 heteroatoms. The molecule has 0 heterocycles. The first-order valence-electron chi connectivity index (χ1n) is 6.32. The molecule has 0 radical (unpaired) electrons. The SMILES string of the molecule is COCCOc1ccc(C(=O)NCC(C)(O)C(=O)O)cc1. The van der Waals surface area contributed by atoms with Gasteiger partial charge >= 0.3 is 5.97 Å². The average Bonchev–Trinajstić information content (AvgIpc) is 2.45. The molecular weight excluding hydrogens is 278 g/mol. The highest BCUT2D eigenvalue weighted by Crippen LogP contribution is 2.12. The highest BCUT2D eigenvalue weighted by Gasteiger charge is 2.30. The van der Waals surface area contributed by atoms with Gasteiger partial charge in [0.25, 0.3) is 5.91 Å². The Morgan fingerprint density at radius 3 is 2.38 bits per heavy atom. The van der Waals surface area contributed by atoms with Gasteiger partial charge in [0.2, 0.25) is 0 Å². The maximum Gasteiger partial charge on any atom is 0.337 e. The van der Waals surface area contributed by atoms with Crippen molar-refractivity contribution in [3.63, 3.8) is 0 Å². The van der Waals surface area contributed by atoms with Gasteiger partial charge in [0.05, 0.1) is 13.2 Å². The molecule has 1 aromatic carbocycles. The lowest BCUT2D eigenvalue weighted by atomic mass is 10.1. The fraction of sp³-hybridized carbons (Fsp3) is 0.429. The normalized spacial score (nSPS) is 13.3. The van der Waals surface area contributed by atoms with Gasteiger partial charge in [-0.25, -0.2) is 4.79 Å². The number of rotatable bonds is 8. The number of carboxylic acid groups (broad SMARTS) is 1. The summed E-state index contributed by atoms with van der Waals surface area (Å²) in [6, 6.07) is 6.35. The first-order chi connectivity index (χ1) is 9.86. The lowest BCUT2D eigenvalue weighted by Crippen LogP contribution is -2.46. The number of methoxy groups -OCH3 is 1. The van der Waals surface area contributed by atoms with Crippen molar-refractivity contribution in [3.8, 4) is 5.75 Å². The van der Waals surface area contributed by atoms with Crippen LogP contribution in [0, 0.1) is 0 Å². The summed E-state index contributed by atoms with van der Waals surface area (Å²) in [6.07, 6.45) is 0. The minimum atomic E-state index is -2.00. The molecule has 0 aromatic heterocycles. The van der Waals surface area contributed by atoms with Crippen molar-refractivity contribution in [1.82, 2.24) is 5.32 Å². The zero-order valence-corrected chi connectivity index (χ0v) is 12.0. The molecule has 21 heavy (non-hydrogen) atoms. The van der Waals surface area contributed by atoms with Crippen molar-refractivity contribution in [3.05, 3.63) is 29.8 Å².